The van der Waals surface area contributed by atoms with E-state index in [1.807, 2.05) is 6.07 Å². The van der Waals surface area contributed by atoms with Crippen molar-refractivity contribution in [2.24, 2.45) is 0 Å². The molecule has 2 aromatic carbocycles. The van der Waals surface area contributed by atoms with Gasteiger partial charge in [-0.2, -0.15) is 0 Å². The Labute approximate surface area is 161 Å². The van der Waals surface area contributed by atoms with Gasteiger partial charge >= 0.3 is 11.7 Å². The average Bonchev–Trinajstić information content (AvgIpc) is 3.06. The van der Waals surface area contributed by atoms with E-state index >= 15 is 0 Å². The van der Waals surface area contributed by atoms with Crippen molar-refractivity contribution in [2.75, 3.05) is 23.8 Å². The molecule has 0 spiro atoms. The molecule has 0 radical (unpaired) electrons. The third-order valence-corrected chi connectivity index (χ3v) is 4.13. The van der Waals surface area contributed by atoms with E-state index in [1.54, 1.807) is 36.4 Å². The lowest BCUT2D eigenvalue weighted by Gasteiger charge is -2.11. The van der Waals surface area contributed by atoms with Crippen LogP contribution >= 0.6 is 0 Å². The second-order valence-electron chi connectivity index (χ2n) is 6.29. The van der Waals surface area contributed by atoms with E-state index in [0.29, 0.717) is 28.0 Å². The molecule has 1 amide bonds. The van der Waals surface area contributed by atoms with Crippen LogP contribution in [0.4, 0.5) is 11.4 Å². The van der Waals surface area contributed by atoms with Crippen molar-refractivity contribution in [3.63, 3.8) is 0 Å². The van der Waals surface area contributed by atoms with Gasteiger partial charge in [0, 0.05) is 17.9 Å². The highest BCUT2D eigenvalue weighted by Gasteiger charge is 2.14. The molecule has 0 saturated carbocycles. The minimum absolute atomic E-state index is 0.321. The topological polar surface area (TPSA) is 116 Å². The Morgan fingerprint density at radius 3 is 2.68 bits per heavy atom. The first kappa shape index (κ1) is 19.2. The summed E-state index contributed by atoms with van der Waals surface area (Å²) < 4.78 is 5.15. The Kier molecular flexibility index (Phi) is 6.11. The second-order valence-corrected chi connectivity index (χ2v) is 6.29. The van der Waals surface area contributed by atoms with E-state index in [4.69, 9.17) is 4.74 Å². The van der Waals surface area contributed by atoms with Crippen LogP contribution in [0.3, 0.4) is 0 Å². The largest absolute Gasteiger partial charge is 0.452 e. The first-order chi connectivity index (χ1) is 13.6. The second kappa shape index (κ2) is 8.90. The van der Waals surface area contributed by atoms with Crippen LogP contribution < -0.4 is 16.3 Å². The summed E-state index contributed by atoms with van der Waals surface area (Å²) in [5.74, 6) is -1.04. The summed E-state index contributed by atoms with van der Waals surface area (Å²) in [6, 6.07) is 12.0. The first-order valence-electron chi connectivity index (χ1n) is 9.08. The normalized spacial score (nSPS) is 10.6. The SMILES string of the molecule is CCCCNc1ccccc1C(=O)OCC(=O)Nc1ccc2[nH]c(=O)[nH]c2c1. The molecule has 0 fully saturated rings. The average molecular weight is 382 g/mol. The molecular weight excluding hydrogens is 360 g/mol. The number of rotatable bonds is 8. The number of hydrogen-bond acceptors (Lipinski definition) is 5. The van der Waals surface area contributed by atoms with Crippen LogP contribution in [0.2, 0.25) is 0 Å². The van der Waals surface area contributed by atoms with Crippen LogP contribution in [-0.4, -0.2) is 35.0 Å². The summed E-state index contributed by atoms with van der Waals surface area (Å²) in [5.41, 5.74) is 2.46. The summed E-state index contributed by atoms with van der Waals surface area (Å²) in [6.45, 7) is 2.43. The first-order valence-corrected chi connectivity index (χ1v) is 9.08. The van der Waals surface area contributed by atoms with E-state index < -0.39 is 18.5 Å². The molecule has 0 aliphatic rings. The minimum Gasteiger partial charge on any atom is -0.452 e. The fourth-order valence-corrected chi connectivity index (χ4v) is 2.73. The quantitative estimate of drug-likeness (QED) is 0.353. The monoisotopic (exact) mass is 382 g/mol. The Hall–Kier alpha value is -3.55. The molecule has 0 bridgehead atoms. The molecule has 1 heterocycles. The standard InChI is InChI=1S/C20H22N4O4/c1-2-3-10-21-15-7-5-4-6-14(15)19(26)28-12-18(25)22-13-8-9-16-17(11-13)24-20(27)23-16/h4-9,11,21H,2-3,10,12H2,1H3,(H,22,25)(H2,23,24,27). The van der Waals surface area contributed by atoms with Gasteiger partial charge in [-0.15, -0.1) is 0 Å². The van der Waals surface area contributed by atoms with Gasteiger partial charge in [-0.3, -0.25) is 4.79 Å². The third kappa shape index (κ3) is 4.79. The van der Waals surface area contributed by atoms with E-state index in [0.717, 1.165) is 19.4 Å². The molecule has 0 unspecified atom stereocenters. The molecule has 4 N–H and O–H groups in total. The summed E-state index contributed by atoms with van der Waals surface area (Å²) in [7, 11) is 0. The molecule has 28 heavy (non-hydrogen) atoms. The van der Waals surface area contributed by atoms with Gasteiger partial charge in [-0.25, -0.2) is 9.59 Å². The summed E-state index contributed by atoms with van der Waals surface area (Å²) >= 11 is 0. The van der Waals surface area contributed by atoms with Crippen molar-refractivity contribution in [1.29, 1.82) is 0 Å². The summed E-state index contributed by atoms with van der Waals surface area (Å²) in [5, 5.41) is 5.85. The zero-order valence-electron chi connectivity index (χ0n) is 15.5. The maximum atomic E-state index is 12.3. The van der Waals surface area contributed by atoms with Gasteiger partial charge in [0.05, 0.1) is 16.6 Å². The molecule has 8 heteroatoms. The molecule has 146 valence electrons. The number of amides is 1. The number of fused-ring (bicyclic) bond motifs is 1. The van der Waals surface area contributed by atoms with Crippen LogP contribution in [-0.2, 0) is 9.53 Å². The lowest BCUT2D eigenvalue weighted by Crippen LogP contribution is -2.21. The van der Waals surface area contributed by atoms with Crippen molar-refractivity contribution >= 4 is 34.3 Å². The van der Waals surface area contributed by atoms with Crippen molar-refractivity contribution in [1.82, 2.24) is 9.97 Å². The highest BCUT2D eigenvalue weighted by atomic mass is 16.5. The smallest absolute Gasteiger partial charge is 0.340 e. The lowest BCUT2D eigenvalue weighted by atomic mass is 10.1. The van der Waals surface area contributed by atoms with E-state index in [9.17, 15) is 14.4 Å². The summed E-state index contributed by atoms with van der Waals surface area (Å²) in [6.07, 6.45) is 2.03. The van der Waals surface area contributed by atoms with Crippen molar-refractivity contribution < 1.29 is 14.3 Å². The molecular formula is C20H22N4O4. The van der Waals surface area contributed by atoms with Crippen LogP contribution in [0, 0.1) is 0 Å². The highest BCUT2D eigenvalue weighted by Crippen LogP contribution is 2.17. The van der Waals surface area contributed by atoms with Gasteiger partial charge in [0.25, 0.3) is 5.91 Å². The molecule has 0 atom stereocenters. The van der Waals surface area contributed by atoms with E-state index in [2.05, 4.69) is 27.5 Å². The van der Waals surface area contributed by atoms with Crippen LogP contribution in [0.1, 0.15) is 30.1 Å². The Bertz CT molecular complexity index is 1040. The van der Waals surface area contributed by atoms with Crippen molar-refractivity contribution in [3.05, 3.63) is 58.5 Å². The minimum atomic E-state index is -0.569. The van der Waals surface area contributed by atoms with Gasteiger partial charge in [-0.1, -0.05) is 25.5 Å². The molecule has 0 saturated heterocycles. The number of H-pyrrole nitrogens is 2. The number of imidazole rings is 1. The molecule has 3 rings (SSSR count). The number of unbranched alkanes of at least 4 members (excludes halogenated alkanes) is 1. The number of carbonyl (C=O) groups excluding carboxylic acids is 2. The van der Waals surface area contributed by atoms with Crippen LogP contribution in [0.25, 0.3) is 11.0 Å². The molecule has 0 aliphatic carbocycles. The number of nitrogens with one attached hydrogen (secondary N) is 4. The Balaban J connectivity index is 1.57. The lowest BCUT2D eigenvalue weighted by molar-refractivity contribution is -0.119. The van der Waals surface area contributed by atoms with Gasteiger partial charge in [-0.05, 0) is 36.8 Å². The third-order valence-electron chi connectivity index (χ3n) is 4.13. The predicted octanol–water partition coefficient (Wildman–Crippen LogP) is 2.86. The number of anilines is 2. The predicted molar refractivity (Wildman–Crippen MR) is 108 cm³/mol. The number of aromatic amines is 2. The molecule has 0 aliphatic heterocycles. The number of para-hydroxylation sites is 1. The van der Waals surface area contributed by atoms with Crippen molar-refractivity contribution in [2.45, 2.75) is 19.8 Å². The number of hydrogen-bond donors (Lipinski definition) is 4. The van der Waals surface area contributed by atoms with E-state index in [1.165, 1.54) is 0 Å². The van der Waals surface area contributed by atoms with Crippen LogP contribution in [0.15, 0.2) is 47.3 Å². The van der Waals surface area contributed by atoms with Crippen LogP contribution in [0.5, 0.6) is 0 Å². The van der Waals surface area contributed by atoms with Gasteiger partial charge in [0.15, 0.2) is 6.61 Å². The zero-order chi connectivity index (χ0) is 19.9. The number of esters is 1. The fourth-order valence-electron chi connectivity index (χ4n) is 2.73. The fraction of sp³-hybridized carbons (Fsp3) is 0.250. The van der Waals surface area contributed by atoms with Gasteiger partial charge < -0.3 is 25.3 Å². The van der Waals surface area contributed by atoms with Gasteiger partial charge in [0.1, 0.15) is 0 Å². The molecule has 1 aromatic heterocycles. The number of ether oxygens (including phenoxy) is 1. The molecule has 8 nitrogen and oxygen atoms in total. The molecule has 3 aromatic rings. The van der Waals surface area contributed by atoms with Crippen molar-refractivity contribution in [3.8, 4) is 0 Å². The maximum absolute atomic E-state index is 12.3. The number of benzene rings is 2. The zero-order valence-corrected chi connectivity index (χ0v) is 15.5. The summed E-state index contributed by atoms with van der Waals surface area (Å²) in [4.78, 5) is 41.0. The van der Waals surface area contributed by atoms with E-state index in [-0.39, 0.29) is 5.69 Å². The number of carbonyl (C=O) groups is 2. The van der Waals surface area contributed by atoms with Gasteiger partial charge in [0.2, 0.25) is 0 Å². The highest BCUT2D eigenvalue weighted by molar-refractivity contribution is 5.99. The Morgan fingerprint density at radius 2 is 1.86 bits per heavy atom. The number of aromatic nitrogens is 2. The maximum Gasteiger partial charge on any atom is 0.340 e. The Morgan fingerprint density at radius 1 is 1.07 bits per heavy atom.